The van der Waals surface area contributed by atoms with Crippen molar-refractivity contribution in [1.29, 1.82) is 0 Å². The van der Waals surface area contributed by atoms with E-state index in [4.69, 9.17) is 0 Å². The van der Waals surface area contributed by atoms with Crippen molar-refractivity contribution in [1.82, 2.24) is 15.3 Å². The molecule has 2 aromatic rings. The van der Waals surface area contributed by atoms with Gasteiger partial charge in [0, 0.05) is 15.7 Å². The molecule has 0 saturated carbocycles. The van der Waals surface area contributed by atoms with Crippen molar-refractivity contribution >= 4 is 15.9 Å². The second-order valence-electron chi connectivity index (χ2n) is 5.19. The van der Waals surface area contributed by atoms with E-state index in [-0.39, 0.29) is 0 Å². The highest BCUT2D eigenvalue weighted by Gasteiger charge is 2.08. The Kier molecular flexibility index (Phi) is 4.77. The molecule has 1 aromatic heterocycles. The molecule has 2 rings (SSSR count). The summed E-state index contributed by atoms with van der Waals surface area (Å²) >= 11 is 3.45. The summed E-state index contributed by atoms with van der Waals surface area (Å²) in [4.78, 5) is 8.02. The van der Waals surface area contributed by atoms with Crippen LogP contribution in [0.25, 0.3) is 11.3 Å². The van der Waals surface area contributed by atoms with Gasteiger partial charge in [-0.05, 0) is 31.5 Å². The second kappa shape index (κ2) is 6.35. The number of aryl methyl sites for hydroxylation is 1. The van der Waals surface area contributed by atoms with E-state index in [0.717, 1.165) is 40.3 Å². The quantitative estimate of drug-likeness (QED) is 0.877. The van der Waals surface area contributed by atoms with Gasteiger partial charge in [0.25, 0.3) is 0 Å². The zero-order valence-corrected chi connectivity index (χ0v) is 13.2. The molecule has 0 aliphatic carbocycles. The number of aromatic nitrogens is 2. The monoisotopic (exact) mass is 321 g/mol. The Balaban J connectivity index is 2.10. The summed E-state index contributed by atoms with van der Waals surface area (Å²) in [5.41, 5.74) is 3.30. The molecule has 0 radical (unpaired) electrons. The zero-order valence-electron chi connectivity index (χ0n) is 11.6. The van der Waals surface area contributed by atoms with Crippen molar-refractivity contribution in [3.8, 4) is 11.3 Å². The van der Waals surface area contributed by atoms with Crippen molar-refractivity contribution in [3.63, 3.8) is 0 Å². The van der Waals surface area contributed by atoms with Crippen molar-refractivity contribution in [2.45, 2.75) is 27.3 Å². The molecular weight excluding hydrogens is 302 g/mol. The van der Waals surface area contributed by atoms with Crippen LogP contribution in [0.15, 0.2) is 28.7 Å². The first-order valence-electron chi connectivity index (χ1n) is 6.58. The standard InChI is InChI=1S/C15H20BrN3/c1-10(2)8-17-9-14-18-11(3)15(19-14)12-4-6-13(16)7-5-12/h4-7,10,17H,8-9H2,1-3H3,(H,18,19). The largest absolute Gasteiger partial charge is 0.344 e. The van der Waals surface area contributed by atoms with E-state index >= 15 is 0 Å². The number of nitrogens with zero attached hydrogens (tertiary/aromatic N) is 1. The Morgan fingerprint density at radius 2 is 1.95 bits per heavy atom. The smallest absolute Gasteiger partial charge is 0.121 e. The average molecular weight is 322 g/mol. The van der Waals surface area contributed by atoms with Gasteiger partial charge in [-0.1, -0.05) is 41.9 Å². The molecule has 0 amide bonds. The summed E-state index contributed by atoms with van der Waals surface area (Å²) in [5.74, 6) is 1.65. The molecule has 4 heteroatoms. The number of halogens is 1. The van der Waals surface area contributed by atoms with E-state index < -0.39 is 0 Å². The molecule has 0 atom stereocenters. The second-order valence-corrected chi connectivity index (χ2v) is 6.10. The van der Waals surface area contributed by atoms with Crippen LogP contribution in [0.3, 0.4) is 0 Å². The summed E-state index contributed by atoms with van der Waals surface area (Å²) < 4.78 is 1.09. The first-order chi connectivity index (χ1) is 9.06. The van der Waals surface area contributed by atoms with Gasteiger partial charge >= 0.3 is 0 Å². The molecule has 0 spiro atoms. The molecule has 0 bridgehead atoms. The molecule has 19 heavy (non-hydrogen) atoms. The minimum absolute atomic E-state index is 0.655. The average Bonchev–Trinajstić information content (AvgIpc) is 2.71. The minimum Gasteiger partial charge on any atom is -0.344 e. The van der Waals surface area contributed by atoms with Crippen LogP contribution in [0.5, 0.6) is 0 Å². The topological polar surface area (TPSA) is 40.7 Å². The lowest BCUT2D eigenvalue weighted by Crippen LogP contribution is -2.19. The molecule has 1 aromatic carbocycles. The van der Waals surface area contributed by atoms with Crippen LogP contribution in [0.2, 0.25) is 0 Å². The highest BCUT2D eigenvalue weighted by Crippen LogP contribution is 2.23. The number of imidazole rings is 1. The van der Waals surface area contributed by atoms with Crippen molar-refractivity contribution in [2.75, 3.05) is 6.54 Å². The van der Waals surface area contributed by atoms with Crippen LogP contribution in [-0.4, -0.2) is 16.5 Å². The minimum atomic E-state index is 0.655. The maximum Gasteiger partial charge on any atom is 0.121 e. The first kappa shape index (κ1) is 14.3. The third-order valence-corrected chi connectivity index (χ3v) is 3.43. The van der Waals surface area contributed by atoms with Crippen molar-refractivity contribution in [3.05, 3.63) is 40.3 Å². The number of rotatable bonds is 5. The fourth-order valence-electron chi connectivity index (χ4n) is 1.97. The number of hydrogen-bond donors (Lipinski definition) is 2. The van der Waals surface area contributed by atoms with Crippen LogP contribution in [-0.2, 0) is 6.54 Å². The summed E-state index contributed by atoms with van der Waals surface area (Å²) in [6.45, 7) is 8.26. The number of hydrogen-bond acceptors (Lipinski definition) is 2. The van der Waals surface area contributed by atoms with Crippen LogP contribution < -0.4 is 5.32 Å². The molecule has 3 nitrogen and oxygen atoms in total. The Morgan fingerprint density at radius 1 is 1.26 bits per heavy atom. The summed E-state index contributed by atoms with van der Waals surface area (Å²) in [7, 11) is 0. The molecule has 2 N–H and O–H groups in total. The SMILES string of the molecule is Cc1[nH]c(CNCC(C)C)nc1-c1ccc(Br)cc1. The molecule has 0 saturated heterocycles. The lowest BCUT2D eigenvalue weighted by atomic mass is 10.1. The normalized spacial score (nSPS) is 11.2. The summed E-state index contributed by atoms with van der Waals surface area (Å²) in [6.07, 6.45) is 0. The lowest BCUT2D eigenvalue weighted by Gasteiger charge is -2.04. The van der Waals surface area contributed by atoms with Crippen LogP contribution >= 0.6 is 15.9 Å². The number of H-pyrrole nitrogens is 1. The van der Waals surface area contributed by atoms with Crippen LogP contribution in [0.4, 0.5) is 0 Å². The number of nitrogens with one attached hydrogen (secondary N) is 2. The van der Waals surface area contributed by atoms with Crippen LogP contribution in [0, 0.1) is 12.8 Å². The maximum atomic E-state index is 4.67. The van der Waals surface area contributed by atoms with Gasteiger partial charge in [-0.3, -0.25) is 0 Å². The van der Waals surface area contributed by atoms with Gasteiger partial charge in [-0.25, -0.2) is 4.98 Å². The fraction of sp³-hybridized carbons (Fsp3) is 0.400. The van der Waals surface area contributed by atoms with Gasteiger partial charge in [0.05, 0.1) is 12.2 Å². The van der Waals surface area contributed by atoms with Gasteiger partial charge in [0.2, 0.25) is 0 Å². The molecule has 0 aliphatic rings. The molecular formula is C15H20BrN3. The van der Waals surface area contributed by atoms with Gasteiger partial charge in [0.15, 0.2) is 0 Å². The summed E-state index contributed by atoms with van der Waals surface area (Å²) in [6, 6.07) is 8.25. The van der Waals surface area contributed by atoms with Gasteiger partial charge in [0.1, 0.15) is 5.82 Å². The number of benzene rings is 1. The van der Waals surface area contributed by atoms with Gasteiger partial charge in [-0.2, -0.15) is 0 Å². The van der Waals surface area contributed by atoms with E-state index in [2.05, 4.69) is 64.1 Å². The molecule has 0 unspecified atom stereocenters. The molecule has 0 aliphatic heterocycles. The Hall–Kier alpha value is -1.13. The van der Waals surface area contributed by atoms with Crippen LogP contribution in [0.1, 0.15) is 25.4 Å². The van der Waals surface area contributed by atoms with Crippen molar-refractivity contribution in [2.24, 2.45) is 5.92 Å². The van der Waals surface area contributed by atoms with E-state index in [0.29, 0.717) is 5.92 Å². The molecule has 1 heterocycles. The zero-order chi connectivity index (χ0) is 13.8. The van der Waals surface area contributed by atoms with E-state index in [1.807, 2.05) is 12.1 Å². The van der Waals surface area contributed by atoms with E-state index in [1.54, 1.807) is 0 Å². The molecule has 102 valence electrons. The predicted octanol–water partition coefficient (Wildman–Crippen LogP) is 3.89. The maximum absolute atomic E-state index is 4.67. The first-order valence-corrected chi connectivity index (χ1v) is 7.37. The van der Waals surface area contributed by atoms with E-state index in [1.165, 1.54) is 0 Å². The Morgan fingerprint density at radius 3 is 2.58 bits per heavy atom. The van der Waals surface area contributed by atoms with Gasteiger partial charge in [-0.15, -0.1) is 0 Å². The highest BCUT2D eigenvalue weighted by molar-refractivity contribution is 9.10. The van der Waals surface area contributed by atoms with Crippen molar-refractivity contribution < 1.29 is 0 Å². The van der Waals surface area contributed by atoms with Gasteiger partial charge < -0.3 is 10.3 Å². The summed E-state index contributed by atoms with van der Waals surface area (Å²) in [5, 5.41) is 3.40. The third-order valence-electron chi connectivity index (χ3n) is 2.90. The highest BCUT2D eigenvalue weighted by atomic mass is 79.9. The predicted molar refractivity (Wildman–Crippen MR) is 83.0 cm³/mol. The van der Waals surface area contributed by atoms with E-state index in [9.17, 15) is 0 Å². The fourth-order valence-corrected chi connectivity index (χ4v) is 2.24. The Bertz CT molecular complexity index is 529. The lowest BCUT2D eigenvalue weighted by molar-refractivity contribution is 0.544. The Labute approximate surface area is 123 Å². The number of aromatic amines is 1. The third kappa shape index (κ3) is 3.91. The molecule has 0 fully saturated rings.